The van der Waals surface area contributed by atoms with Crippen LogP contribution in [0.5, 0.6) is 0 Å². The Morgan fingerprint density at radius 1 is 0.952 bits per heavy atom. The van der Waals surface area contributed by atoms with Crippen molar-refractivity contribution in [3.8, 4) is 0 Å². The SMILES string of the molecule is C[SiH](C)O[SiH](Cc1ccccc1)O[Si](C)(C)O[Si](C)(C)C. The molecule has 0 saturated carbocycles. The molecule has 0 aliphatic carbocycles. The first-order valence-corrected chi connectivity index (χ1v) is 18.4. The summed E-state index contributed by atoms with van der Waals surface area (Å²) in [6, 6.07) is 11.4. The van der Waals surface area contributed by atoms with Crippen LogP contribution in [-0.4, -0.2) is 35.2 Å². The lowest BCUT2D eigenvalue weighted by Crippen LogP contribution is -2.50. The molecule has 3 nitrogen and oxygen atoms in total. The van der Waals surface area contributed by atoms with E-state index < -0.39 is 35.2 Å². The molecule has 7 heteroatoms. The number of hydrogen-bond donors (Lipinski definition) is 0. The van der Waals surface area contributed by atoms with Gasteiger partial charge in [-0.15, -0.1) is 0 Å². The Hall–Kier alpha value is -0.0325. The number of rotatable bonds is 8. The fourth-order valence-corrected chi connectivity index (χ4v) is 15.9. The summed E-state index contributed by atoms with van der Waals surface area (Å²) < 4.78 is 19.0. The maximum Gasteiger partial charge on any atom is 0.312 e. The van der Waals surface area contributed by atoms with Gasteiger partial charge in [0, 0.05) is 6.04 Å². The highest BCUT2D eigenvalue weighted by Crippen LogP contribution is 2.18. The second-order valence-electron chi connectivity index (χ2n) is 7.04. The molecule has 0 aromatic heterocycles. The molecule has 1 aromatic rings. The van der Waals surface area contributed by atoms with Crippen LogP contribution in [0, 0.1) is 0 Å². The molecule has 120 valence electrons. The van der Waals surface area contributed by atoms with Crippen LogP contribution in [0.2, 0.25) is 45.8 Å². The predicted molar refractivity (Wildman–Crippen MR) is 100 cm³/mol. The monoisotopic (exact) mass is 358 g/mol. The molecule has 0 fully saturated rings. The van der Waals surface area contributed by atoms with E-state index in [1.54, 1.807) is 0 Å². The van der Waals surface area contributed by atoms with Gasteiger partial charge in [0.05, 0.1) is 0 Å². The van der Waals surface area contributed by atoms with E-state index in [0.717, 1.165) is 6.04 Å². The van der Waals surface area contributed by atoms with E-state index in [0.29, 0.717) is 0 Å². The van der Waals surface area contributed by atoms with E-state index in [1.165, 1.54) is 5.56 Å². The molecule has 0 N–H and O–H groups in total. The highest BCUT2D eigenvalue weighted by atomic mass is 28.5. The molecule has 0 spiro atoms. The standard InChI is InChI=1S/C14H30O3Si4/c1-18(2)15-19(13-14-11-9-8-10-12-14)16-21(6,7)17-20(3,4)5/h8-12,18-19H,13H2,1-7H3. The average molecular weight is 359 g/mol. The van der Waals surface area contributed by atoms with Gasteiger partial charge in [0.25, 0.3) is 0 Å². The Kier molecular flexibility index (Phi) is 7.24. The zero-order valence-corrected chi connectivity index (χ0v) is 18.8. The summed E-state index contributed by atoms with van der Waals surface area (Å²) in [7, 11) is -6.49. The molecule has 1 rings (SSSR count). The van der Waals surface area contributed by atoms with Crippen LogP contribution >= 0.6 is 0 Å². The highest BCUT2D eigenvalue weighted by molar-refractivity contribution is 6.84. The van der Waals surface area contributed by atoms with E-state index in [2.05, 4.69) is 70.1 Å². The lowest BCUT2D eigenvalue weighted by Gasteiger charge is -2.34. The minimum Gasteiger partial charge on any atom is -0.441 e. The van der Waals surface area contributed by atoms with Crippen molar-refractivity contribution >= 4 is 35.2 Å². The lowest BCUT2D eigenvalue weighted by atomic mass is 10.2. The third-order valence-corrected chi connectivity index (χ3v) is 14.6. The Morgan fingerprint density at radius 3 is 2.00 bits per heavy atom. The van der Waals surface area contributed by atoms with Crippen LogP contribution in [0.4, 0.5) is 0 Å². The zero-order chi connectivity index (χ0) is 16.1. The lowest BCUT2D eigenvalue weighted by molar-refractivity contribution is 0.350. The van der Waals surface area contributed by atoms with E-state index in [4.69, 9.17) is 12.3 Å². The van der Waals surface area contributed by atoms with Crippen molar-refractivity contribution in [2.45, 2.75) is 51.9 Å². The van der Waals surface area contributed by atoms with Crippen LogP contribution < -0.4 is 0 Å². The average Bonchev–Trinajstić information content (AvgIpc) is 2.24. The molecule has 0 aliphatic rings. The van der Waals surface area contributed by atoms with E-state index in [-0.39, 0.29) is 0 Å². The molecular weight excluding hydrogens is 328 g/mol. The van der Waals surface area contributed by atoms with Crippen LogP contribution in [0.25, 0.3) is 0 Å². The predicted octanol–water partition coefficient (Wildman–Crippen LogP) is 3.56. The molecule has 0 aliphatic heterocycles. The minimum atomic E-state index is -2.10. The fourth-order valence-electron chi connectivity index (χ4n) is 2.31. The first kappa shape index (κ1) is 19.0. The largest absolute Gasteiger partial charge is 0.441 e. The maximum absolute atomic E-state index is 6.43. The van der Waals surface area contributed by atoms with E-state index in [1.807, 2.05) is 6.07 Å². The summed E-state index contributed by atoms with van der Waals surface area (Å²) in [4.78, 5) is 0. The Balaban J connectivity index is 2.73. The Labute approximate surface area is 135 Å². The smallest absolute Gasteiger partial charge is 0.312 e. The van der Waals surface area contributed by atoms with Crippen molar-refractivity contribution in [3.05, 3.63) is 35.9 Å². The summed E-state index contributed by atoms with van der Waals surface area (Å²) in [6.45, 7) is 15.4. The van der Waals surface area contributed by atoms with Gasteiger partial charge in [0.1, 0.15) is 0 Å². The van der Waals surface area contributed by atoms with Gasteiger partial charge in [-0.3, -0.25) is 0 Å². The topological polar surface area (TPSA) is 27.7 Å². The molecule has 1 unspecified atom stereocenters. The summed E-state index contributed by atoms with van der Waals surface area (Å²) >= 11 is 0. The van der Waals surface area contributed by atoms with Gasteiger partial charge < -0.3 is 12.3 Å². The molecule has 0 heterocycles. The first-order chi connectivity index (χ1) is 9.57. The van der Waals surface area contributed by atoms with Gasteiger partial charge in [-0.2, -0.15) is 0 Å². The van der Waals surface area contributed by atoms with Gasteiger partial charge >= 0.3 is 17.8 Å². The normalized spacial score (nSPS) is 14.5. The molecule has 21 heavy (non-hydrogen) atoms. The van der Waals surface area contributed by atoms with E-state index in [9.17, 15) is 0 Å². The van der Waals surface area contributed by atoms with E-state index >= 15 is 0 Å². The number of benzene rings is 1. The van der Waals surface area contributed by atoms with Crippen LogP contribution in [0.15, 0.2) is 30.3 Å². The summed E-state index contributed by atoms with van der Waals surface area (Å²) in [5.41, 5.74) is 1.31. The van der Waals surface area contributed by atoms with Crippen LogP contribution in [0.1, 0.15) is 5.56 Å². The van der Waals surface area contributed by atoms with Crippen LogP contribution in [-0.2, 0) is 18.4 Å². The van der Waals surface area contributed by atoms with Crippen molar-refractivity contribution in [1.29, 1.82) is 0 Å². The minimum absolute atomic E-state index is 0.928. The van der Waals surface area contributed by atoms with Gasteiger partial charge in [0.2, 0.25) is 0 Å². The Bertz CT molecular complexity index is 418. The molecule has 1 aromatic carbocycles. The molecule has 0 amide bonds. The maximum atomic E-state index is 6.43. The molecule has 0 bridgehead atoms. The summed E-state index contributed by atoms with van der Waals surface area (Å²) in [5, 5.41) is 0. The second kappa shape index (κ2) is 8.00. The van der Waals surface area contributed by atoms with Crippen molar-refractivity contribution in [3.63, 3.8) is 0 Å². The fraction of sp³-hybridized carbons (Fsp3) is 0.571. The van der Waals surface area contributed by atoms with Crippen molar-refractivity contribution < 1.29 is 12.3 Å². The number of hydrogen-bond acceptors (Lipinski definition) is 3. The van der Waals surface area contributed by atoms with Gasteiger partial charge in [-0.1, -0.05) is 30.3 Å². The zero-order valence-electron chi connectivity index (χ0n) is 14.5. The molecule has 0 saturated heterocycles. The van der Waals surface area contributed by atoms with Gasteiger partial charge in [-0.25, -0.2) is 0 Å². The van der Waals surface area contributed by atoms with Crippen molar-refractivity contribution in [1.82, 2.24) is 0 Å². The van der Waals surface area contributed by atoms with Gasteiger partial charge in [-0.05, 0) is 51.4 Å². The summed E-state index contributed by atoms with van der Waals surface area (Å²) in [5.74, 6) is 0. The molecular formula is C14H30O3Si4. The van der Waals surface area contributed by atoms with Crippen molar-refractivity contribution in [2.24, 2.45) is 0 Å². The van der Waals surface area contributed by atoms with Crippen LogP contribution in [0.3, 0.4) is 0 Å². The third kappa shape index (κ3) is 8.86. The Morgan fingerprint density at radius 2 is 1.52 bits per heavy atom. The van der Waals surface area contributed by atoms with Gasteiger partial charge in [0.15, 0.2) is 17.4 Å². The summed E-state index contributed by atoms with van der Waals surface area (Å²) in [6.07, 6.45) is 0. The van der Waals surface area contributed by atoms with Crippen molar-refractivity contribution in [2.75, 3.05) is 0 Å². The highest BCUT2D eigenvalue weighted by Gasteiger charge is 2.35. The molecule has 1 atom stereocenters. The third-order valence-electron chi connectivity index (χ3n) is 2.64. The second-order valence-corrected chi connectivity index (χ2v) is 20.3. The molecule has 0 radical (unpaired) electrons. The quantitative estimate of drug-likeness (QED) is 0.665. The first-order valence-electron chi connectivity index (χ1n) is 7.65.